The van der Waals surface area contributed by atoms with Crippen molar-refractivity contribution >= 4 is 5.83 Å². The third kappa shape index (κ3) is 5.99. The number of benzene rings is 2. The number of halogens is 6. The van der Waals surface area contributed by atoms with Crippen molar-refractivity contribution in [3.05, 3.63) is 76.1 Å². The summed E-state index contributed by atoms with van der Waals surface area (Å²) in [5, 5.41) is 0. The van der Waals surface area contributed by atoms with E-state index in [2.05, 4.69) is 0 Å². The second-order valence-electron chi connectivity index (χ2n) is 10.1. The molecule has 0 spiro atoms. The number of allylic oxidation sites excluding steroid dienone is 1. The lowest BCUT2D eigenvalue weighted by Gasteiger charge is -2.38. The summed E-state index contributed by atoms with van der Waals surface area (Å²) in [6, 6.07) is 6.19. The Morgan fingerprint density at radius 3 is 2.08 bits per heavy atom. The first-order chi connectivity index (χ1) is 17.3. The Hall–Kier alpha value is -2.28. The van der Waals surface area contributed by atoms with Crippen molar-refractivity contribution in [2.45, 2.75) is 82.7 Å². The summed E-state index contributed by atoms with van der Waals surface area (Å²) in [5.41, 5.74) is 0.852. The minimum atomic E-state index is -1.44. The number of hydrogen-bond acceptors (Lipinski definition) is 1. The Labute approximate surface area is 208 Å². The lowest BCUT2D eigenvalue weighted by Crippen LogP contribution is -2.33. The smallest absolute Gasteiger partial charge is 0.194 e. The molecule has 0 radical (unpaired) electrons. The molecule has 1 aliphatic carbocycles. The Kier molecular flexibility index (Phi) is 8.81. The first kappa shape index (κ1) is 26.8. The van der Waals surface area contributed by atoms with Crippen LogP contribution in [0, 0.1) is 29.2 Å². The highest BCUT2D eigenvalue weighted by atomic mass is 19.2. The molecule has 1 heterocycles. The van der Waals surface area contributed by atoms with Crippen LogP contribution < -0.4 is 0 Å². The second kappa shape index (κ2) is 11.8. The summed E-state index contributed by atoms with van der Waals surface area (Å²) < 4.78 is 89.7. The molecular weight excluding hydrogens is 478 g/mol. The molecule has 1 aliphatic heterocycles. The SMILES string of the molecule is CCCC/C(F)=C(\F)c1ccc(C2CCC(C3CCC(c4cc(F)c(F)c(F)c4)CC3)OC2)c(F)c1. The quantitative estimate of drug-likeness (QED) is 0.266. The average Bonchev–Trinajstić information content (AvgIpc) is 2.89. The predicted octanol–water partition coefficient (Wildman–Crippen LogP) is 9.28. The first-order valence-electron chi connectivity index (χ1n) is 12.9. The molecule has 0 bridgehead atoms. The second-order valence-corrected chi connectivity index (χ2v) is 10.1. The summed E-state index contributed by atoms with van der Waals surface area (Å²) >= 11 is 0. The monoisotopic (exact) mass is 510 g/mol. The fourth-order valence-corrected chi connectivity index (χ4v) is 5.62. The van der Waals surface area contributed by atoms with E-state index >= 15 is 0 Å². The van der Waals surface area contributed by atoms with Gasteiger partial charge in [-0.15, -0.1) is 0 Å². The van der Waals surface area contributed by atoms with E-state index in [4.69, 9.17) is 4.74 Å². The van der Waals surface area contributed by atoms with Gasteiger partial charge in [0, 0.05) is 17.9 Å². The lowest BCUT2D eigenvalue weighted by molar-refractivity contribution is -0.0415. The van der Waals surface area contributed by atoms with E-state index in [1.54, 1.807) is 0 Å². The molecule has 36 heavy (non-hydrogen) atoms. The fraction of sp³-hybridized carbons (Fsp3) is 0.517. The van der Waals surface area contributed by atoms with E-state index in [0.717, 1.165) is 63.1 Å². The molecule has 0 N–H and O–H groups in total. The molecule has 1 saturated heterocycles. The maximum absolute atomic E-state index is 14.8. The summed E-state index contributed by atoms with van der Waals surface area (Å²) in [4.78, 5) is 0. The van der Waals surface area contributed by atoms with Crippen molar-refractivity contribution in [2.75, 3.05) is 6.61 Å². The van der Waals surface area contributed by atoms with Gasteiger partial charge < -0.3 is 4.74 Å². The van der Waals surface area contributed by atoms with Gasteiger partial charge in [-0.3, -0.25) is 0 Å². The van der Waals surface area contributed by atoms with Crippen LogP contribution in [0.2, 0.25) is 0 Å². The van der Waals surface area contributed by atoms with Crippen LogP contribution in [-0.4, -0.2) is 12.7 Å². The van der Waals surface area contributed by atoms with Crippen LogP contribution in [0.4, 0.5) is 26.3 Å². The first-order valence-corrected chi connectivity index (χ1v) is 12.9. The van der Waals surface area contributed by atoms with Crippen molar-refractivity contribution in [3.63, 3.8) is 0 Å². The third-order valence-corrected chi connectivity index (χ3v) is 7.77. The Morgan fingerprint density at radius 2 is 1.50 bits per heavy atom. The molecular formula is C29H32F6O. The van der Waals surface area contributed by atoms with Crippen LogP contribution in [0.5, 0.6) is 0 Å². The van der Waals surface area contributed by atoms with Gasteiger partial charge in [-0.2, -0.15) is 0 Å². The van der Waals surface area contributed by atoms with Crippen LogP contribution in [0.1, 0.15) is 93.2 Å². The lowest BCUT2D eigenvalue weighted by atomic mass is 9.74. The third-order valence-electron chi connectivity index (χ3n) is 7.77. The highest BCUT2D eigenvalue weighted by molar-refractivity contribution is 5.61. The minimum Gasteiger partial charge on any atom is -0.377 e. The van der Waals surface area contributed by atoms with Crippen molar-refractivity contribution < 1.29 is 31.1 Å². The minimum absolute atomic E-state index is 0.00312. The normalized spacial score (nSPS) is 25.5. The summed E-state index contributed by atoms with van der Waals surface area (Å²) in [5.74, 6) is -6.04. The number of rotatable bonds is 7. The van der Waals surface area contributed by atoms with Crippen LogP contribution >= 0.6 is 0 Å². The molecule has 0 aromatic heterocycles. The maximum atomic E-state index is 14.8. The molecule has 0 amide bonds. The summed E-state index contributed by atoms with van der Waals surface area (Å²) in [6.07, 6.45) is 5.92. The molecule has 7 heteroatoms. The topological polar surface area (TPSA) is 9.23 Å². The largest absolute Gasteiger partial charge is 0.377 e. The van der Waals surface area contributed by atoms with Gasteiger partial charge in [0.2, 0.25) is 0 Å². The Morgan fingerprint density at radius 1 is 0.833 bits per heavy atom. The zero-order valence-electron chi connectivity index (χ0n) is 20.4. The zero-order chi connectivity index (χ0) is 25.8. The van der Waals surface area contributed by atoms with Crippen molar-refractivity contribution in [2.24, 2.45) is 5.92 Å². The van der Waals surface area contributed by atoms with Gasteiger partial charge in [-0.1, -0.05) is 25.5 Å². The van der Waals surface area contributed by atoms with Gasteiger partial charge in [-0.25, -0.2) is 26.3 Å². The molecule has 2 aromatic rings. The highest BCUT2D eigenvalue weighted by Gasteiger charge is 2.33. The molecule has 1 nitrogen and oxygen atoms in total. The number of unbranched alkanes of at least 4 members (excludes halogenated alkanes) is 1. The van der Waals surface area contributed by atoms with Crippen molar-refractivity contribution in [3.8, 4) is 0 Å². The molecule has 2 fully saturated rings. The summed E-state index contributed by atoms with van der Waals surface area (Å²) in [7, 11) is 0. The zero-order valence-corrected chi connectivity index (χ0v) is 20.4. The van der Waals surface area contributed by atoms with Crippen LogP contribution in [0.15, 0.2) is 36.2 Å². The van der Waals surface area contributed by atoms with Crippen molar-refractivity contribution in [1.82, 2.24) is 0 Å². The van der Waals surface area contributed by atoms with Gasteiger partial charge in [0.15, 0.2) is 23.3 Å². The predicted molar refractivity (Wildman–Crippen MR) is 128 cm³/mol. The van der Waals surface area contributed by atoms with E-state index in [0.29, 0.717) is 30.1 Å². The van der Waals surface area contributed by atoms with Gasteiger partial charge in [-0.05, 0) is 86.1 Å². The van der Waals surface area contributed by atoms with E-state index in [1.165, 1.54) is 12.1 Å². The van der Waals surface area contributed by atoms with Gasteiger partial charge in [0.05, 0.1) is 12.7 Å². The maximum Gasteiger partial charge on any atom is 0.194 e. The summed E-state index contributed by atoms with van der Waals surface area (Å²) in [6.45, 7) is 2.23. The van der Waals surface area contributed by atoms with Crippen molar-refractivity contribution in [1.29, 1.82) is 0 Å². The van der Waals surface area contributed by atoms with E-state index in [1.807, 2.05) is 6.92 Å². The number of hydrogen-bond donors (Lipinski definition) is 0. The van der Waals surface area contributed by atoms with Gasteiger partial charge in [0.25, 0.3) is 0 Å². The van der Waals surface area contributed by atoms with E-state index < -0.39 is 34.9 Å². The fourth-order valence-electron chi connectivity index (χ4n) is 5.62. The van der Waals surface area contributed by atoms with Crippen LogP contribution in [0.3, 0.4) is 0 Å². The Balaban J connectivity index is 1.31. The molecule has 2 aromatic carbocycles. The molecule has 2 atom stereocenters. The average molecular weight is 511 g/mol. The molecule has 4 rings (SSSR count). The molecule has 2 aliphatic rings. The molecule has 1 saturated carbocycles. The Bertz CT molecular complexity index is 1060. The number of ether oxygens (including phenoxy) is 1. The van der Waals surface area contributed by atoms with Crippen LogP contribution in [-0.2, 0) is 4.74 Å². The van der Waals surface area contributed by atoms with E-state index in [-0.39, 0.29) is 29.9 Å². The van der Waals surface area contributed by atoms with Gasteiger partial charge >= 0.3 is 0 Å². The molecule has 196 valence electrons. The standard InChI is InChI=1S/C29H32F6O/c1-2-3-4-23(30)28(34)19-9-11-22(24(31)13-19)20-10-12-27(36-16-20)18-7-5-17(6-8-18)21-14-25(32)29(35)26(33)15-21/h9,11,13-15,17-18,20,27H,2-8,10,12,16H2,1H3/b28-23+. The van der Waals surface area contributed by atoms with Crippen LogP contribution in [0.25, 0.3) is 5.83 Å². The van der Waals surface area contributed by atoms with E-state index in [9.17, 15) is 26.3 Å². The molecule has 2 unspecified atom stereocenters. The van der Waals surface area contributed by atoms with Gasteiger partial charge in [0.1, 0.15) is 11.6 Å². The highest BCUT2D eigenvalue weighted by Crippen LogP contribution is 2.42.